The van der Waals surface area contributed by atoms with Crippen molar-refractivity contribution in [1.82, 2.24) is 9.88 Å². The third kappa shape index (κ3) is 3.95. The quantitative estimate of drug-likeness (QED) is 0.635. The number of ether oxygens (including phenoxy) is 1. The van der Waals surface area contributed by atoms with Crippen molar-refractivity contribution in [3.8, 4) is 23.3 Å². The molecule has 0 N–H and O–H groups in total. The minimum Gasteiger partial charge on any atom is -0.497 e. The van der Waals surface area contributed by atoms with Gasteiger partial charge in [-0.1, -0.05) is 17.7 Å². The number of rotatable bonds is 4. The zero-order valence-electron chi connectivity index (χ0n) is 16.3. The molecule has 0 aliphatic carbocycles. The fourth-order valence-electron chi connectivity index (χ4n) is 3.37. The Morgan fingerprint density at radius 3 is 2.57 bits per heavy atom. The molecule has 1 amide bonds. The molecule has 0 radical (unpaired) electrons. The summed E-state index contributed by atoms with van der Waals surface area (Å²) in [5.74, 6) is 1.43. The van der Waals surface area contributed by atoms with Crippen LogP contribution in [0, 0.1) is 11.3 Å². The highest BCUT2D eigenvalue weighted by Crippen LogP contribution is 2.30. The summed E-state index contributed by atoms with van der Waals surface area (Å²) in [6, 6.07) is 16.3. The number of carbonyl (C=O) groups excluding carboxylic acids is 1. The van der Waals surface area contributed by atoms with Crippen molar-refractivity contribution < 1.29 is 13.9 Å². The standard InChI is InChI=1S/C22H19ClN4O3/c1-29-18-4-2-3-16(13-18)20-25-19(14-24)22(30-20)27-11-9-26(10-12-27)21(28)15-5-7-17(23)8-6-15/h2-8,13H,9-12H2,1H3. The summed E-state index contributed by atoms with van der Waals surface area (Å²) in [6.45, 7) is 2.12. The van der Waals surface area contributed by atoms with Gasteiger partial charge in [-0.3, -0.25) is 4.79 Å². The number of halogens is 1. The SMILES string of the molecule is COc1cccc(-c2nc(C#N)c(N3CCN(C(=O)c4ccc(Cl)cc4)CC3)o2)c1. The molecule has 1 fully saturated rings. The predicted octanol–water partition coefficient (Wildman–Crippen LogP) is 3.84. The molecular formula is C22H19ClN4O3. The van der Waals surface area contributed by atoms with Gasteiger partial charge in [-0.15, -0.1) is 0 Å². The van der Waals surface area contributed by atoms with Crippen LogP contribution in [0.2, 0.25) is 5.02 Å². The summed E-state index contributed by atoms with van der Waals surface area (Å²) in [5, 5.41) is 10.1. The molecule has 0 atom stereocenters. The zero-order chi connectivity index (χ0) is 21.1. The molecule has 0 unspecified atom stereocenters. The highest BCUT2D eigenvalue weighted by Gasteiger charge is 2.27. The Balaban J connectivity index is 1.49. The molecule has 2 heterocycles. The van der Waals surface area contributed by atoms with E-state index in [9.17, 15) is 10.1 Å². The van der Waals surface area contributed by atoms with Gasteiger partial charge < -0.3 is 19.0 Å². The van der Waals surface area contributed by atoms with Gasteiger partial charge >= 0.3 is 0 Å². The topological polar surface area (TPSA) is 82.6 Å². The average molecular weight is 423 g/mol. The van der Waals surface area contributed by atoms with Gasteiger partial charge in [0.15, 0.2) is 0 Å². The Morgan fingerprint density at radius 2 is 1.90 bits per heavy atom. The van der Waals surface area contributed by atoms with Crippen LogP contribution < -0.4 is 9.64 Å². The van der Waals surface area contributed by atoms with Crippen LogP contribution in [0.25, 0.3) is 11.5 Å². The van der Waals surface area contributed by atoms with Gasteiger partial charge in [-0.05, 0) is 42.5 Å². The second kappa shape index (κ2) is 8.47. The van der Waals surface area contributed by atoms with Crippen LogP contribution in [0.5, 0.6) is 5.75 Å². The highest BCUT2D eigenvalue weighted by atomic mass is 35.5. The van der Waals surface area contributed by atoms with Crippen molar-refractivity contribution >= 4 is 23.4 Å². The number of amides is 1. The number of benzene rings is 2. The number of hydrogen-bond donors (Lipinski definition) is 0. The van der Waals surface area contributed by atoms with E-state index < -0.39 is 0 Å². The van der Waals surface area contributed by atoms with Crippen molar-refractivity contribution in [3.05, 3.63) is 64.8 Å². The number of aromatic nitrogens is 1. The van der Waals surface area contributed by atoms with Crippen molar-refractivity contribution in [2.75, 3.05) is 38.2 Å². The van der Waals surface area contributed by atoms with Crippen LogP contribution in [0.15, 0.2) is 52.9 Å². The van der Waals surface area contributed by atoms with Crippen LogP contribution in [0.1, 0.15) is 16.1 Å². The van der Waals surface area contributed by atoms with E-state index in [0.29, 0.717) is 54.3 Å². The molecule has 1 aliphatic heterocycles. The minimum absolute atomic E-state index is 0.0403. The van der Waals surface area contributed by atoms with E-state index in [0.717, 1.165) is 5.56 Å². The summed E-state index contributed by atoms with van der Waals surface area (Å²) in [5.41, 5.74) is 1.56. The lowest BCUT2D eigenvalue weighted by Crippen LogP contribution is -2.48. The summed E-state index contributed by atoms with van der Waals surface area (Å²) in [7, 11) is 1.59. The van der Waals surface area contributed by atoms with Crippen LogP contribution >= 0.6 is 11.6 Å². The van der Waals surface area contributed by atoms with Crippen LogP contribution in [0.3, 0.4) is 0 Å². The summed E-state index contributed by atoms with van der Waals surface area (Å²) >= 11 is 5.90. The summed E-state index contributed by atoms with van der Waals surface area (Å²) < 4.78 is 11.2. The molecule has 4 rings (SSSR count). The fraction of sp³-hybridized carbons (Fsp3) is 0.227. The van der Waals surface area contributed by atoms with Gasteiger partial charge in [0.2, 0.25) is 17.5 Å². The molecule has 152 valence electrons. The van der Waals surface area contributed by atoms with Crippen molar-refractivity contribution in [3.63, 3.8) is 0 Å². The first kappa shape index (κ1) is 19.8. The number of nitrogens with zero attached hydrogens (tertiary/aromatic N) is 4. The molecule has 1 saturated heterocycles. The Labute approximate surface area is 179 Å². The number of piperazine rings is 1. The number of anilines is 1. The van der Waals surface area contributed by atoms with Gasteiger partial charge in [0.1, 0.15) is 11.8 Å². The van der Waals surface area contributed by atoms with Crippen molar-refractivity contribution in [1.29, 1.82) is 5.26 Å². The molecule has 1 aromatic heterocycles. The largest absolute Gasteiger partial charge is 0.497 e. The molecule has 0 spiro atoms. The fourth-order valence-corrected chi connectivity index (χ4v) is 3.49. The van der Waals surface area contributed by atoms with Crippen LogP contribution in [-0.2, 0) is 0 Å². The number of nitriles is 1. The monoisotopic (exact) mass is 422 g/mol. The van der Waals surface area contributed by atoms with Gasteiger partial charge in [0.05, 0.1) is 7.11 Å². The normalized spacial score (nSPS) is 13.8. The summed E-state index contributed by atoms with van der Waals surface area (Å²) in [4.78, 5) is 20.8. The number of carbonyl (C=O) groups is 1. The third-order valence-corrected chi connectivity index (χ3v) is 5.23. The van der Waals surface area contributed by atoms with Gasteiger partial charge in [0, 0.05) is 42.3 Å². The molecule has 0 bridgehead atoms. The smallest absolute Gasteiger partial charge is 0.253 e. The van der Waals surface area contributed by atoms with Gasteiger partial charge in [-0.2, -0.15) is 10.2 Å². The van der Waals surface area contributed by atoms with Gasteiger partial charge in [0.25, 0.3) is 5.91 Å². The first-order chi connectivity index (χ1) is 14.6. The third-order valence-electron chi connectivity index (χ3n) is 4.98. The number of hydrogen-bond acceptors (Lipinski definition) is 6. The first-order valence-corrected chi connectivity index (χ1v) is 9.82. The Morgan fingerprint density at radius 1 is 1.17 bits per heavy atom. The van der Waals surface area contributed by atoms with Crippen LogP contribution in [-0.4, -0.2) is 49.1 Å². The Bertz CT molecular complexity index is 1100. The lowest BCUT2D eigenvalue weighted by atomic mass is 10.2. The minimum atomic E-state index is -0.0403. The zero-order valence-corrected chi connectivity index (χ0v) is 17.1. The van der Waals surface area contributed by atoms with E-state index in [2.05, 4.69) is 11.1 Å². The second-order valence-electron chi connectivity index (χ2n) is 6.80. The first-order valence-electron chi connectivity index (χ1n) is 9.44. The molecule has 0 saturated carbocycles. The van der Waals surface area contributed by atoms with Crippen molar-refractivity contribution in [2.45, 2.75) is 0 Å². The molecule has 2 aromatic carbocycles. The second-order valence-corrected chi connectivity index (χ2v) is 7.24. The lowest BCUT2D eigenvalue weighted by molar-refractivity contribution is 0.0745. The maximum atomic E-state index is 12.7. The van der Waals surface area contributed by atoms with E-state index in [1.165, 1.54) is 0 Å². The van der Waals surface area contributed by atoms with E-state index >= 15 is 0 Å². The molecule has 30 heavy (non-hydrogen) atoms. The molecule has 3 aromatic rings. The molecule has 1 aliphatic rings. The maximum absolute atomic E-state index is 12.7. The molecule has 7 nitrogen and oxygen atoms in total. The lowest BCUT2D eigenvalue weighted by Gasteiger charge is -2.34. The molecule has 8 heteroatoms. The summed E-state index contributed by atoms with van der Waals surface area (Å²) in [6.07, 6.45) is 0. The number of methoxy groups -OCH3 is 1. The van der Waals surface area contributed by atoms with Gasteiger partial charge in [-0.25, -0.2) is 0 Å². The maximum Gasteiger partial charge on any atom is 0.253 e. The predicted molar refractivity (Wildman–Crippen MR) is 113 cm³/mol. The molecular weight excluding hydrogens is 404 g/mol. The highest BCUT2D eigenvalue weighted by molar-refractivity contribution is 6.30. The average Bonchev–Trinajstić information content (AvgIpc) is 3.24. The van der Waals surface area contributed by atoms with Crippen LogP contribution in [0.4, 0.5) is 5.88 Å². The van der Waals surface area contributed by atoms with Crippen molar-refractivity contribution in [2.24, 2.45) is 0 Å². The Kier molecular flexibility index (Phi) is 5.59. The van der Waals surface area contributed by atoms with E-state index in [1.54, 1.807) is 42.3 Å². The Hall–Kier alpha value is -3.50. The number of oxazole rings is 1. The van der Waals surface area contributed by atoms with E-state index in [1.807, 2.05) is 23.1 Å². The van der Waals surface area contributed by atoms with E-state index in [-0.39, 0.29) is 11.6 Å². The van der Waals surface area contributed by atoms with E-state index in [4.69, 9.17) is 20.8 Å².